The predicted molar refractivity (Wildman–Crippen MR) is 263 cm³/mol. The second-order valence-electron chi connectivity index (χ2n) is 20.8. The van der Waals surface area contributed by atoms with Crippen LogP contribution in [0.2, 0.25) is 0 Å². The highest BCUT2D eigenvalue weighted by atomic mass is 19.1. The van der Waals surface area contributed by atoms with E-state index in [2.05, 4.69) is 59.8 Å². The number of fused-ring (bicyclic) bond motifs is 1. The summed E-state index contributed by atoms with van der Waals surface area (Å²) in [4.78, 5) is 97.0. The SMILES string of the molecule is CC1(C)CCN(Cc2cc(F)c(N3CC(=O)NC4(CCN(c5cc(NCCN6CCN(C(=O)CCCCCNc7cccc8c7C(=O)N(C7CCC(=O)NC7=O)C8=O)CC6)ncn5)CC4)C3)cc2F)CC1. The highest BCUT2D eigenvalue weighted by Crippen LogP contribution is 2.36. The third-order valence-electron chi connectivity index (χ3n) is 15.3. The minimum Gasteiger partial charge on any atom is -0.384 e. The Morgan fingerprint density at radius 1 is 0.789 bits per heavy atom. The third-order valence-corrected chi connectivity index (χ3v) is 15.3. The molecule has 4 N–H and O–H groups in total. The van der Waals surface area contributed by atoms with Gasteiger partial charge in [-0.1, -0.05) is 26.3 Å². The van der Waals surface area contributed by atoms with E-state index in [1.54, 1.807) is 29.4 Å². The van der Waals surface area contributed by atoms with Crippen LogP contribution in [0, 0.1) is 17.0 Å². The lowest BCUT2D eigenvalue weighted by Gasteiger charge is -2.48. The molecule has 0 aliphatic carbocycles. The van der Waals surface area contributed by atoms with Crippen molar-refractivity contribution in [2.24, 2.45) is 5.41 Å². The molecule has 380 valence electrons. The zero-order valence-electron chi connectivity index (χ0n) is 40.9. The summed E-state index contributed by atoms with van der Waals surface area (Å²) in [6.45, 7) is 13.0. The molecule has 0 bridgehead atoms. The molecule has 20 heteroatoms. The Morgan fingerprint density at radius 3 is 2.32 bits per heavy atom. The van der Waals surface area contributed by atoms with E-state index in [1.807, 2.05) is 11.0 Å². The Morgan fingerprint density at radius 2 is 1.56 bits per heavy atom. The van der Waals surface area contributed by atoms with Crippen molar-refractivity contribution in [3.8, 4) is 0 Å². The van der Waals surface area contributed by atoms with Crippen molar-refractivity contribution in [1.29, 1.82) is 0 Å². The van der Waals surface area contributed by atoms with Crippen molar-refractivity contribution >= 4 is 58.5 Å². The van der Waals surface area contributed by atoms with Gasteiger partial charge in [0.15, 0.2) is 0 Å². The molecule has 0 radical (unpaired) electrons. The second-order valence-corrected chi connectivity index (χ2v) is 20.8. The lowest BCUT2D eigenvalue weighted by Crippen LogP contribution is -2.66. The number of carbonyl (C=O) groups is 6. The molecule has 5 saturated heterocycles. The van der Waals surface area contributed by atoms with Gasteiger partial charge in [0, 0.05) is 108 Å². The van der Waals surface area contributed by atoms with E-state index in [0.29, 0.717) is 88.7 Å². The van der Waals surface area contributed by atoms with E-state index in [-0.39, 0.29) is 53.4 Å². The molecule has 6 amide bonds. The van der Waals surface area contributed by atoms with Crippen molar-refractivity contribution in [3.63, 3.8) is 0 Å². The number of likely N-dealkylation sites (tertiary alicyclic amines) is 1. The number of benzene rings is 2. The first-order valence-corrected chi connectivity index (χ1v) is 25.3. The van der Waals surface area contributed by atoms with Gasteiger partial charge in [-0.05, 0) is 81.6 Å². The monoisotopic (exact) mass is 981 g/mol. The molecule has 2 aromatic carbocycles. The lowest BCUT2D eigenvalue weighted by molar-refractivity contribution is -0.136. The van der Waals surface area contributed by atoms with Gasteiger partial charge in [-0.3, -0.25) is 48.8 Å². The maximum absolute atomic E-state index is 15.7. The molecule has 18 nitrogen and oxygen atoms in total. The van der Waals surface area contributed by atoms with E-state index < -0.39 is 46.8 Å². The van der Waals surface area contributed by atoms with Crippen LogP contribution in [0.3, 0.4) is 0 Å². The summed E-state index contributed by atoms with van der Waals surface area (Å²) in [6, 6.07) is 8.48. The molecule has 71 heavy (non-hydrogen) atoms. The van der Waals surface area contributed by atoms with Gasteiger partial charge in [-0.25, -0.2) is 18.7 Å². The molecule has 0 saturated carbocycles. The summed E-state index contributed by atoms with van der Waals surface area (Å²) < 4.78 is 31.2. The van der Waals surface area contributed by atoms with Crippen molar-refractivity contribution in [2.45, 2.75) is 96.2 Å². The fourth-order valence-corrected chi connectivity index (χ4v) is 10.9. The van der Waals surface area contributed by atoms with Crippen molar-refractivity contribution in [3.05, 3.63) is 71.1 Å². The van der Waals surface area contributed by atoms with Gasteiger partial charge in [0.05, 0.1) is 28.9 Å². The minimum atomic E-state index is -1.02. The van der Waals surface area contributed by atoms with Crippen LogP contribution in [0.15, 0.2) is 42.7 Å². The number of amides is 6. The summed E-state index contributed by atoms with van der Waals surface area (Å²) in [6.07, 6.45) is 7.69. The summed E-state index contributed by atoms with van der Waals surface area (Å²) in [5.74, 6) is -1.70. The molecular formula is C51H66F2N12O6. The highest BCUT2D eigenvalue weighted by molar-refractivity contribution is 6.25. The highest BCUT2D eigenvalue weighted by Gasteiger charge is 2.46. The number of hydrogen-bond donors (Lipinski definition) is 4. The Hall–Kier alpha value is -6.28. The Labute approximate surface area is 413 Å². The molecule has 1 aromatic heterocycles. The summed E-state index contributed by atoms with van der Waals surface area (Å²) in [5, 5.41) is 12.1. The summed E-state index contributed by atoms with van der Waals surface area (Å²) >= 11 is 0. The number of piperazine rings is 2. The first kappa shape index (κ1) is 49.7. The number of unbranched alkanes of at least 4 members (excludes halogenated alkanes) is 2. The number of nitrogens with zero attached hydrogens (tertiary/aromatic N) is 8. The summed E-state index contributed by atoms with van der Waals surface area (Å²) in [7, 11) is 0. The van der Waals surface area contributed by atoms with E-state index in [4.69, 9.17) is 0 Å². The van der Waals surface area contributed by atoms with Crippen molar-refractivity contribution in [2.75, 3.05) is 106 Å². The first-order valence-electron chi connectivity index (χ1n) is 25.3. The van der Waals surface area contributed by atoms with E-state index in [1.165, 1.54) is 12.1 Å². The molecule has 6 aliphatic heterocycles. The fraction of sp³-hybridized carbons (Fsp3) is 0.569. The molecule has 1 atom stereocenters. The average Bonchev–Trinajstić information content (AvgIpc) is 3.60. The molecule has 3 aromatic rings. The second kappa shape index (κ2) is 21.2. The van der Waals surface area contributed by atoms with Crippen LogP contribution in [0.4, 0.5) is 31.8 Å². The normalized spacial score (nSPS) is 21.6. The molecule has 5 fully saturated rings. The maximum Gasteiger partial charge on any atom is 0.264 e. The van der Waals surface area contributed by atoms with E-state index in [9.17, 15) is 28.8 Å². The van der Waals surface area contributed by atoms with Crippen molar-refractivity contribution < 1.29 is 37.5 Å². The number of piperidine rings is 3. The Balaban J connectivity index is 0.664. The van der Waals surface area contributed by atoms with Crippen LogP contribution < -0.4 is 31.1 Å². The number of carbonyl (C=O) groups excluding carboxylic acids is 6. The molecule has 9 rings (SSSR count). The van der Waals surface area contributed by atoms with Crippen LogP contribution in [0.5, 0.6) is 0 Å². The van der Waals surface area contributed by atoms with Gasteiger partial charge in [0.1, 0.15) is 35.6 Å². The quantitative estimate of drug-likeness (QED) is 0.119. The third kappa shape index (κ3) is 11.4. The van der Waals surface area contributed by atoms with Crippen LogP contribution in [0.25, 0.3) is 0 Å². The van der Waals surface area contributed by atoms with E-state index in [0.717, 1.165) is 75.5 Å². The molecule has 7 heterocycles. The minimum absolute atomic E-state index is 0.0340. The first-order chi connectivity index (χ1) is 34.1. The largest absolute Gasteiger partial charge is 0.384 e. The number of nitrogens with one attached hydrogen (secondary N) is 4. The number of aromatic nitrogens is 2. The fourth-order valence-electron chi connectivity index (χ4n) is 10.9. The van der Waals surface area contributed by atoms with Crippen LogP contribution >= 0.6 is 0 Å². The lowest BCUT2D eigenvalue weighted by atomic mass is 9.82. The zero-order valence-corrected chi connectivity index (χ0v) is 40.9. The summed E-state index contributed by atoms with van der Waals surface area (Å²) in [5.41, 5.74) is 1.13. The topological polar surface area (TPSA) is 196 Å². The number of hydrogen-bond acceptors (Lipinski definition) is 14. The van der Waals surface area contributed by atoms with Crippen LogP contribution in [-0.2, 0) is 25.7 Å². The van der Waals surface area contributed by atoms with Crippen molar-refractivity contribution in [1.82, 2.24) is 40.2 Å². The molecule has 6 aliphatic rings. The standard InChI is InChI=1S/C51H66F2N12O6/c1-50(2)12-18-61(19-13-50)30-34-27-37(53)40(28-36(34)52)64-31-44(67)59-51(32-64)14-20-62(21-15-51)42-29-41(56-33-57-42)55-17-22-60-23-25-63(26-24-60)45(68)9-4-3-5-16-54-38-8-6-7-35-46(38)49(71)65(48(35)70)39-10-11-43(66)58-47(39)69/h6-8,27-29,33,39,54H,3-5,9-26,30-32H2,1-2H3,(H,59,67)(H,55,56,57)(H,58,66,69). The number of anilines is 4. The number of rotatable bonds is 16. The van der Waals surface area contributed by atoms with Gasteiger partial charge in [0.25, 0.3) is 11.8 Å². The molecule has 1 unspecified atom stereocenters. The van der Waals surface area contributed by atoms with Gasteiger partial charge in [-0.15, -0.1) is 0 Å². The number of imide groups is 2. The molecule has 1 spiro atoms. The smallest absolute Gasteiger partial charge is 0.264 e. The molecular weight excluding hydrogens is 915 g/mol. The Bertz CT molecular complexity index is 2520. The Kier molecular flexibility index (Phi) is 14.8. The maximum atomic E-state index is 15.7. The van der Waals surface area contributed by atoms with Gasteiger partial charge < -0.3 is 30.7 Å². The predicted octanol–water partition coefficient (Wildman–Crippen LogP) is 3.98. The van der Waals surface area contributed by atoms with Gasteiger partial charge in [0.2, 0.25) is 23.6 Å². The van der Waals surface area contributed by atoms with Crippen LogP contribution in [-0.4, -0.2) is 162 Å². The average molecular weight is 981 g/mol. The number of halogens is 2. The van der Waals surface area contributed by atoms with Crippen LogP contribution in [0.1, 0.15) is 104 Å². The van der Waals surface area contributed by atoms with Gasteiger partial charge >= 0.3 is 0 Å². The zero-order chi connectivity index (χ0) is 49.9. The van der Waals surface area contributed by atoms with E-state index >= 15 is 8.78 Å². The van der Waals surface area contributed by atoms with Gasteiger partial charge in [-0.2, -0.15) is 0 Å².